The van der Waals surface area contributed by atoms with Gasteiger partial charge in [-0.25, -0.2) is 9.48 Å². The Morgan fingerprint density at radius 3 is 2.89 bits per heavy atom. The van der Waals surface area contributed by atoms with E-state index in [-0.39, 0.29) is 17.3 Å². The van der Waals surface area contributed by atoms with Gasteiger partial charge in [-0.1, -0.05) is 10.4 Å². The van der Waals surface area contributed by atoms with Crippen molar-refractivity contribution in [2.45, 2.75) is 50.5 Å². The topological polar surface area (TPSA) is 124 Å². The summed E-state index contributed by atoms with van der Waals surface area (Å²) >= 11 is 0. The van der Waals surface area contributed by atoms with Crippen molar-refractivity contribution in [2.24, 2.45) is 7.05 Å². The highest BCUT2D eigenvalue weighted by molar-refractivity contribution is 5.50. The third kappa shape index (κ3) is 2.63. The van der Waals surface area contributed by atoms with Crippen molar-refractivity contribution in [1.29, 1.82) is 0 Å². The molecule has 0 amide bonds. The molecule has 0 aromatic carbocycles. The molecule has 1 N–H and O–H groups in total. The Bertz CT molecular complexity index is 1120. The monoisotopic (exact) mass is 369 g/mol. The number of H-pyrrole nitrogens is 1. The standard InChI is InChI=1S/C17H19N7O3/c1-23-8-11(15(25)19-17(23)26)14-18-16(27-21-14)9-5-6-12-13(7-9)24(22-20-12)10-3-2-4-10/h8-10H,2-7H2,1H3,(H,19,25,26). The molecule has 0 saturated heterocycles. The van der Waals surface area contributed by atoms with E-state index in [0.29, 0.717) is 11.9 Å². The highest BCUT2D eigenvalue weighted by Gasteiger charge is 2.32. The summed E-state index contributed by atoms with van der Waals surface area (Å²) in [5, 5.41) is 12.7. The Hall–Kier alpha value is -3.04. The lowest BCUT2D eigenvalue weighted by molar-refractivity contribution is 0.271. The van der Waals surface area contributed by atoms with Crippen LogP contribution in [-0.4, -0.2) is 34.7 Å². The first-order valence-electron chi connectivity index (χ1n) is 9.17. The summed E-state index contributed by atoms with van der Waals surface area (Å²) in [6, 6.07) is 0.461. The Balaban J connectivity index is 1.44. The number of nitrogens with zero attached hydrogens (tertiary/aromatic N) is 6. The molecule has 0 aliphatic heterocycles. The zero-order chi connectivity index (χ0) is 18.5. The van der Waals surface area contributed by atoms with Gasteiger partial charge in [-0.3, -0.25) is 9.78 Å². The van der Waals surface area contributed by atoms with Crippen LogP contribution in [0.3, 0.4) is 0 Å². The SMILES string of the molecule is Cn1cc(-c2noc(C3CCc4nnn(C5CCC5)c4C3)n2)c(=O)[nH]c1=O. The molecule has 1 atom stereocenters. The third-order valence-corrected chi connectivity index (χ3v) is 5.60. The second-order valence-electron chi connectivity index (χ2n) is 7.32. The molecule has 3 heterocycles. The largest absolute Gasteiger partial charge is 0.339 e. The summed E-state index contributed by atoms with van der Waals surface area (Å²) in [4.78, 5) is 30.3. The van der Waals surface area contributed by atoms with E-state index in [1.807, 2.05) is 0 Å². The smallest absolute Gasteiger partial charge is 0.328 e. The van der Waals surface area contributed by atoms with Crippen LogP contribution in [0.4, 0.5) is 0 Å². The van der Waals surface area contributed by atoms with Gasteiger partial charge in [-0.05, 0) is 32.1 Å². The summed E-state index contributed by atoms with van der Waals surface area (Å²) in [5.74, 6) is 0.770. The normalized spacial score (nSPS) is 19.7. The van der Waals surface area contributed by atoms with Gasteiger partial charge in [-0.2, -0.15) is 4.98 Å². The number of hydrogen-bond acceptors (Lipinski definition) is 7. The molecule has 2 aliphatic carbocycles. The molecule has 10 nitrogen and oxygen atoms in total. The first-order chi connectivity index (χ1) is 13.1. The van der Waals surface area contributed by atoms with Crippen molar-refractivity contribution in [2.75, 3.05) is 0 Å². The molecule has 2 aliphatic rings. The lowest BCUT2D eigenvalue weighted by atomic mass is 9.87. The maximum absolute atomic E-state index is 12.1. The van der Waals surface area contributed by atoms with Crippen LogP contribution in [0.2, 0.25) is 0 Å². The molecular weight excluding hydrogens is 350 g/mol. The fourth-order valence-corrected chi connectivity index (χ4v) is 3.77. The molecule has 1 saturated carbocycles. The van der Waals surface area contributed by atoms with Crippen molar-refractivity contribution in [3.05, 3.63) is 44.3 Å². The number of aryl methyl sites for hydroxylation is 2. The van der Waals surface area contributed by atoms with Crippen LogP contribution in [0, 0.1) is 0 Å². The van der Waals surface area contributed by atoms with Crippen LogP contribution in [0.15, 0.2) is 20.3 Å². The molecule has 27 heavy (non-hydrogen) atoms. The maximum Gasteiger partial charge on any atom is 0.328 e. The minimum atomic E-state index is -0.524. The van der Waals surface area contributed by atoms with E-state index in [4.69, 9.17) is 4.52 Å². The molecular formula is C17H19N7O3. The molecule has 1 unspecified atom stereocenters. The van der Waals surface area contributed by atoms with Crippen molar-refractivity contribution in [1.82, 2.24) is 34.7 Å². The first kappa shape index (κ1) is 16.2. The number of nitrogens with one attached hydrogen (secondary N) is 1. The van der Waals surface area contributed by atoms with Gasteiger partial charge in [0.05, 0.1) is 17.4 Å². The molecule has 0 bridgehead atoms. The van der Waals surface area contributed by atoms with Crippen molar-refractivity contribution >= 4 is 0 Å². The summed E-state index contributed by atoms with van der Waals surface area (Å²) in [6.07, 6.45) is 7.40. The van der Waals surface area contributed by atoms with Gasteiger partial charge in [0.25, 0.3) is 5.56 Å². The average molecular weight is 369 g/mol. The summed E-state index contributed by atoms with van der Waals surface area (Å²) in [5.41, 5.74) is 1.43. The van der Waals surface area contributed by atoms with E-state index in [2.05, 4.69) is 30.1 Å². The highest BCUT2D eigenvalue weighted by atomic mass is 16.5. The van der Waals surface area contributed by atoms with E-state index in [1.54, 1.807) is 7.05 Å². The van der Waals surface area contributed by atoms with Crippen LogP contribution in [0.25, 0.3) is 11.4 Å². The van der Waals surface area contributed by atoms with Gasteiger partial charge in [0.15, 0.2) is 0 Å². The van der Waals surface area contributed by atoms with Crippen LogP contribution < -0.4 is 11.2 Å². The molecule has 3 aromatic rings. The molecule has 3 aromatic heterocycles. The van der Waals surface area contributed by atoms with Crippen LogP contribution in [-0.2, 0) is 19.9 Å². The zero-order valence-electron chi connectivity index (χ0n) is 14.9. The number of fused-ring (bicyclic) bond motifs is 1. The highest BCUT2D eigenvalue weighted by Crippen LogP contribution is 2.37. The maximum atomic E-state index is 12.1. The molecule has 0 spiro atoms. The number of aromatic amines is 1. The van der Waals surface area contributed by atoms with Gasteiger partial charge in [0, 0.05) is 25.6 Å². The quantitative estimate of drug-likeness (QED) is 0.721. The van der Waals surface area contributed by atoms with Gasteiger partial charge in [-0.15, -0.1) is 5.10 Å². The summed E-state index contributed by atoms with van der Waals surface area (Å²) in [7, 11) is 1.56. The Morgan fingerprint density at radius 2 is 2.11 bits per heavy atom. The van der Waals surface area contributed by atoms with Crippen LogP contribution in [0.1, 0.15) is 54.9 Å². The lowest BCUT2D eigenvalue weighted by Crippen LogP contribution is -2.28. The second-order valence-corrected chi connectivity index (χ2v) is 7.32. The van der Waals surface area contributed by atoms with Crippen LogP contribution >= 0.6 is 0 Å². The Kier molecular flexibility index (Phi) is 3.59. The number of hydrogen-bond donors (Lipinski definition) is 1. The van der Waals surface area contributed by atoms with Gasteiger partial charge >= 0.3 is 5.69 Å². The zero-order valence-corrected chi connectivity index (χ0v) is 14.9. The van der Waals surface area contributed by atoms with E-state index >= 15 is 0 Å². The number of rotatable bonds is 3. The first-order valence-corrected chi connectivity index (χ1v) is 9.17. The average Bonchev–Trinajstić information content (AvgIpc) is 3.24. The van der Waals surface area contributed by atoms with E-state index in [1.165, 1.54) is 17.2 Å². The van der Waals surface area contributed by atoms with Gasteiger partial charge in [0.1, 0.15) is 5.56 Å². The molecule has 10 heteroatoms. The summed E-state index contributed by atoms with van der Waals surface area (Å²) in [6.45, 7) is 0. The fourth-order valence-electron chi connectivity index (χ4n) is 3.77. The van der Waals surface area contributed by atoms with E-state index < -0.39 is 11.2 Å². The van der Waals surface area contributed by atoms with Gasteiger partial charge < -0.3 is 9.09 Å². The second kappa shape index (κ2) is 6.00. The van der Waals surface area contributed by atoms with Crippen molar-refractivity contribution in [3.8, 4) is 11.4 Å². The summed E-state index contributed by atoms with van der Waals surface area (Å²) < 4.78 is 8.81. The van der Waals surface area contributed by atoms with Crippen molar-refractivity contribution in [3.63, 3.8) is 0 Å². The van der Waals surface area contributed by atoms with E-state index in [0.717, 1.165) is 43.5 Å². The number of aromatic nitrogens is 7. The Morgan fingerprint density at radius 1 is 1.26 bits per heavy atom. The molecule has 0 radical (unpaired) electrons. The molecule has 1 fully saturated rings. The predicted octanol–water partition coefficient (Wildman–Crippen LogP) is 0.713. The molecule has 5 rings (SSSR count). The minimum absolute atomic E-state index is 0.0719. The molecule has 140 valence electrons. The Labute approximate surface area is 153 Å². The fraction of sp³-hybridized carbons (Fsp3) is 0.529. The third-order valence-electron chi connectivity index (χ3n) is 5.60. The lowest BCUT2D eigenvalue weighted by Gasteiger charge is -2.28. The van der Waals surface area contributed by atoms with E-state index in [9.17, 15) is 9.59 Å². The predicted molar refractivity (Wildman–Crippen MR) is 93.3 cm³/mol. The minimum Gasteiger partial charge on any atom is -0.339 e. The van der Waals surface area contributed by atoms with Crippen molar-refractivity contribution < 1.29 is 4.52 Å². The van der Waals surface area contributed by atoms with Gasteiger partial charge in [0.2, 0.25) is 11.7 Å². The van der Waals surface area contributed by atoms with Crippen LogP contribution in [0.5, 0.6) is 0 Å².